The first-order chi connectivity index (χ1) is 14.4. The first-order valence-electron chi connectivity index (χ1n) is 9.02. The van der Waals surface area contributed by atoms with Crippen molar-refractivity contribution >= 4 is 17.6 Å². The largest absolute Gasteiger partial charge is 0.508 e. The number of nitro groups is 1. The lowest BCUT2D eigenvalue weighted by atomic mass is 10.0. The predicted octanol–water partition coefficient (Wildman–Crippen LogP) is 3.25. The summed E-state index contributed by atoms with van der Waals surface area (Å²) in [5.74, 6) is -0.964. The molecular formula is C22H18N2O6. The molecule has 3 rings (SSSR count). The Morgan fingerprint density at radius 1 is 0.967 bits per heavy atom. The zero-order valence-electron chi connectivity index (χ0n) is 15.7. The van der Waals surface area contributed by atoms with Crippen LogP contribution in [0, 0.1) is 10.1 Å². The summed E-state index contributed by atoms with van der Waals surface area (Å²) in [6.07, 6.45) is 0.130. The quantitative estimate of drug-likeness (QED) is 0.269. The molecule has 0 saturated carbocycles. The molecule has 152 valence electrons. The van der Waals surface area contributed by atoms with E-state index < -0.39 is 22.8 Å². The van der Waals surface area contributed by atoms with Crippen LogP contribution in [-0.4, -0.2) is 27.9 Å². The normalized spacial score (nSPS) is 11.3. The van der Waals surface area contributed by atoms with Gasteiger partial charge in [-0.2, -0.15) is 0 Å². The van der Waals surface area contributed by atoms with E-state index in [1.807, 2.05) is 0 Å². The van der Waals surface area contributed by atoms with E-state index in [4.69, 9.17) is 4.74 Å². The molecule has 0 spiro atoms. The van der Waals surface area contributed by atoms with Gasteiger partial charge in [0.1, 0.15) is 17.5 Å². The molecule has 0 fully saturated rings. The van der Waals surface area contributed by atoms with Crippen LogP contribution in [-0.2, 0) is 11.2 Å². The highest BCUT2D eigenvalue weighted by Crippen LogP contribution is 2.19. The molecule has 3 aromatic rings. The molecule has 3 aromatic carbocycles. The van der Waals surface area contributed by atoms with Gasteiger partial charge in [-0.15, -0.1) is 0 Å². The number of esters is 1. The van der Waals surface area contributed by atoms with Crippen LogP contribution < -0.4 is 10.1 Å². The number of non-ortho nitro benzene ring substituents is 1. The predicted molar refractivity (Wildman–Crippen MR) is 108 cm³/mol. The van der Waals surface area contributed by atoms with Crippen LogP contribution in [0.2, 0.25) is 0 Å². The van der Waals surface area contributed by atoms with Gasteiger partial charge in [0.2, 0.25) is 0 Å². The summed E-state index contributed by atoms with van der Waals surface area (Å²) in [4.78, 5) is 35.5. The summed E-state index contributed by atoms with van der Waals surface area (Å²) in [5, 5.41) is 22.9. The Morgan fingerprint density at radius 3 is 2.20 bits per heavy atom. The third-order valence-electron chi connectivity index (χ3n) is 4.27. The monoisotopic (exact) mass is 406 g/mol. The van der Waals surface area contributed by atoms with E-state index in [1.54, 1.807) is 42.5 Å². The highest BCUT2D eigenvalue weighted by atomic mass is 16.6. The van der Waals surface area contributed by atoms with Crippen molar-refractivity contribution in [3.63, 3.8) is 0 Å². The second-order valence-corrected chi connectivity index (χ2v) is 6.43. The Hall–Kier alpha value is -4.20. The number of benzene rings is 3. The Bertz CT molecular complexity index is 1030. The molecule has 0 saturated heterocycles. The van der Waals surface area contributed by atoms with Crippen molar-refractivity contribution in [2.75, 3.05) is 0 Å². The number of ether oxygens (including phenoxy) is 1. The molecule has 0 aliphatic carbocycles. The molecule has 0 aliphatic heterocycles. The average molecular weight is 406 g/mol. The van der Waals surface area contributed by atoms with E-state index in [0.717, 1.165) is 0 Å². The lowest BCUT2D eigenvalue weighted by Crippen LogP contribution is -2.44. The Kier molecular flexibility index (Phi) is 6.39. The third kappa shape index (κ3) is 5.41. The maximum Gasteiger partial charge on any atom is 0.334 e. The zero-order chi connectivity index (χ0) is 21.5. The number of nitrogens with zero attached hydrogens (tertiary/aromatic N) is 1. The number of hydrogen-bond acceptors (Lipinski definition) is 6. The summed E-state index contributed by atoms with van der Waals surface area (Å²) in [7, 11) is 0. The minimum absolute atomic E-state index is 0.0806. The van der Waals surface area contributed by atoms with Gasteiger partial charge in [-0.3, -0.25) is 14.9 Å². The molecule has 0 radical (unpaired) electrons. The van der Waals surface area contributed by atoms with Crippen molar-refractivity contribution in [3.05, 3.63) is 100 Å². The molecule has 8 nitrogen and oxygen atoms in total. The fourth-order valence-electron chi connectivity index (χ4n) is 2.72. The number of nitro benzene ring substituents is 1. The Morgan fingerprint density at radius 2 is 1.60 bits per heavy atom. The summed E-state index contributed by atoms with van der Waals surface area (Å²) in [6.45, 7) is 0. The first kappa shape index (κ1) is 20.5. The summed E-state index contributed by atoms with van der Waals surface area (Å²) in [5.41, 5.74) is 0.955. The van der Waals surface area contributed by atoms with Gasteiger partial charge in [-0.05, 0) is 42.0 Å². The topological polar surface area (TPSA) is 119 Å². The fraction of sp³-hybridized carbons (Fsp3) is 0.0909. The fourth-order valence-corrected chi connectivity index (χ4v) is 2.72. The van der Waals surface area contributed by atoms with Gasteiger partial charge >= 0.3 is 5.97 Å². The van der Waals surface area contributed by atoms with Gasteiger partial charge in [0.05, 0.1) is 4.92 Å². The molecule has 0 bridgehead atoms. The van der Waals surface area contributed by atoms with E-state index in [2.05, 4.69) is 5.32 Å². The highest BCUT2D eigenvalue weighted by Gasteiger charge is 2.24. The zero-order valence-corrected chi connectivity index (χ0v) is 15.7. The second-order valence-electron chi connectivity index (χ2n) is 6.43. The number of phenols is 1. The van der Waals surface area contributed by atoms with Gasteiger partial charge in [0.25, 0.3) is 11.6 Å². The summed E-state index contributed by atoms with van der Waals surface area (Å²) >= 11 is 0. The van der Waals surface area contributed by atoms with Crippen molar-refractivity contribution in [2.45, 2.75) is 12.5 Å². The van der Waals surface area contributed by atoms with E-state index in [-0.39, 0.29) is 23.6 Å². The average Bonchev–Trinajstić information content (AvgIpc) is 2.75. The Balaban J connectivity index is 1.78. The van der Waals surface area contributed by atoms with Crippen molar-refractivity contribution in [1.29, 1.82) is 0 Å². The molecule has 1 atom stereocenters. The highest BCUT2D eigenvalue weighted by molar-refractivity contribution is 5.97. The van der Waals surface area contributed by atoms with E-state index in [0.29, 0.717) is 11.1 Å². The van der Waals surface area contributed by atoms with Crippen LogP contribution >= 0.6 is 0 Å². The van der Waals surface area contributed by atoms with Crippen molar-refractivity contribution in [3.8, 4) is 11.5 Å². The third-order valence-corrected chi connectivity index (χ3v) is 4.27. The SMILES string of the molecule is O=C(N[C@@H](Cc1ccc(O)cc1)C(=O)Oc1ccc([N+](=O)[O-])cc1)c1ccccc1. The number of hydrogen-bond donors (Lipinski definition) is 2. The first-order valence-corrected chi connectivity index (χ1v) is 9.02. The lowest BCUT2D eigenvalue weighted by molar-refractivity contribution is -0.384. The molecule has 0 heterocycles. The van der Waals surface area contributed by atoms with Crippen LogP contribution in [0.4, 0.5) is 5.69 Å². The maximum absolute atomic E-state index is 12.7. The number of carbonyl (C=O) groups excluding carboxylic acids is 2. The summed E-state index contributed by atoms with van der Waals surface area (Å²) < 4.78 is 5.32. The molecule has 0 aliphatic rings. The van der Waals surface area contributed by atoms with Crippen molar-refractivity contribution in [1.82, 2.24) is 5.32 Å². The van der Waals surface area contributed by atoms with E-state index in [9.17, 15) is 24.8 Å². The van der Waals surface area contributed by atoms with E-state index in [1.165, 1.54) is 36.4 Å². The van der Waals surface area contributed by atoms with Crippen molar-refractivity contribution in [2.24, 2.45) is 0 Å². The molecule has 0 aromatic heterocycles. The van der Waals surface area contributed by atoms with Crippen molar-refractivity contribution < 1.29 is 24.4 Å². The smallest absolute Gasteiger partial charge is 0.334 e. The second kappa shape index (κ2) is 9.33. The van der Waals surface area contributed by atoms with Gasteiger partial charge < -0.3 is 15.2 Å². The number of rotatable bonds is 7. The minimum atomic E-state index is -1.02. The molecule has 0 unspecified atom stereocenters. The van der Waals surface area contributed by atoms with Crippen LogP contribution in [0.1, 0.15) is 15.9 Å². The number of aromatic hydroxyl groups is 1. The molecular weight excluding hydrogens is 388 g/mol. The number of carbonyl (C=O) groups is 2. The number of phenolic OH excluding ortho intramolecular Hbond substituents is 1. The van der Waals surface area contributed by atoms with Crippen LogP contribution in [0.5, 0.6) is 11.5 Å². The minimum Gasteiger partial charge on any atom is -0.508 e. The van der Waals surface area contributed by atoms with E-state index >= 15 is 0 Å². The number of amides is 1. The maximum atomic E-state index is 12.7. The van der Waals surface area contributed by atoms with Gasteiger partial charge in [-0.25, -0.2) is 4.79 Å². The standard InChI is InChI=1S/C22H18N2O6/c25-18-10-6-15(7-11-18)14-20(23-21(26)16-4-2-1-3-5-16)22(27)30-19-12-8-17(9-13-19)24(28)29/h1-13,20,25H,14H2,(H,23,26)/t20-/m0/s1. The summed E-state index contributed by atoms with van der Waals surface area (Å²) in [6, 6.07) is 18.7. The molecule has 2 N–H and O–H groups in total. The lowest BCUT2D eigenvalue weighted by Gasteiger charge is -2.18. The molecule has 1 amide bonds. The molecule has 8 heteroatoms. The Labute approximate surface area is 171 Å². The van der Waals surface area contributed by atoms with Crippen LogP contribution in [0.3, 0.4) is 0 Å². The van der Waals surface area contributed by atoms with Gasteiger partial charge in [-0.1, -0.05) is 30.3 Å². The number of nitrogens with one attached hydrogen (secondary N) is 1. The van der Waals surface area contributed by atoms with Crippen LogP contribution in [0.25, 0.3) is 0 Å². The van der Waals surface area contributed by atoms with Gasteiger partial charge in [0, 0.05) is 24.1 Å². The van der Waals surface area contributed by atoms with Crippen LogP contribution in [0.15, 0.2) is 78.9 Å². The molecule has 30 heavy (non-hydrogen) atoms. The van der Waals surface area contributed by atoms with Gasteiger partial charge in [0.15, 0.2) is 0 Å².